The Morgan fingerprint density at radius 2 is 1.78 bits per heavy atom. The van der Waals surface area contributed by atoms with Gasteiger partial charge in [-0.1, -0.05) is 24.8 Å². The molecule has 2 aromatic heterocycles. The molecule has 1 saturated heterocycles. The van der Waals surface area contributed by atoms with E-state index >= 15 is 0 Å². The summed E-state index contributed by atoms with van der Waals surface area (Å²) in [6.45, 7) is 9.63. The number of nitrogens with zero attached hydrogens (tertiary/aromatic N) is 5. The molecule has 0 saturated carbocycles. The van der Waals surface area contributed by atoms with E-state index in [1.807, 2.05) is 19.1 Å². The summed E-state index contributed by atoms with van der Waals surface area (Å²) in [6, 6.07) is 13.1. The largest absolute Gasteiger partial charge is 0.472 e. The minimum absolute atomic E-state index is 0.000448. The average Bonchev–Trinajstić information content (AvgIpc) is 2.91. The van der Waals surface area contributed by atoms with Crippen LogP contribution in [0.25, 0.3) is 0 Å². The number of anilines is 2. The fraction of sp³-hybridized carbons (Fsp3) is 0.346. The third-order valence-corrected chi connectivity index (χ3v) is 6.13. The van der Waals surface area contributed by atoms with E-state index in [1.54, 1.807) is 12.1 Å². The molecule has 1 aliphatic heterocycles. The van der Waals surface area contributed by atoms with Crippen molar-refractivity contribution in [2.75, 3.05) is 43.0 Å². The lowest BCUT2D eigenvalue weighted by atomic mass is 10.1. The van der Waals surface area contributed by atoms with Gasteiger partial charge in [0.15, 0.2) is 0 Å². The van der Waals surface area contributed by atoms with Gasteiger partial charge in [-0.05, 0) is 36.8 Å². The number of aromatic nitrogens is 3. The number of aliphatic hydroxyl groups excluding tert-OH is 1. The summed E-state index contributed by atoms with van der Waals surface area (Å²) < 4.78 is 43.4. The Bertz CT molecular complexity index is 1160. The van der Waals surface area contributed by atoms with Gasteiger partial charge < -0.3 is 25.0 Å². The summed E-state index contributed by atoms with van der Waals surface area (Å²) in [4.78, 5) is 8.01. The van der Waals surface area contributed by atoms with Crippen LogP contribution in [0.15, 0.2) is 67.0 Å². The van der Waals surface area contributed by atoms with Gasteiger partial charge in [0.05, 0.1) is 12.6 Å². The number of nitrogens with one attached hydrogen (secondary N) is 1. The number of ether oxygens (including phenoxy) is 1. The number of hydrogen-bond acceptors (Lipinski definition) is 8. The predicted molar refractivity (Wildman–Crippen MR) is 134 cm³/mol. The van der Waals surface area contributed by atoms with E-state index in [0.29, 0.717) is 11.4 Å². The first-order valence-electron chi connectivity index (χ1n) is 11.8. The smallest absolute Gasteiger partial charge is 0.433 e. The molecular formula is C26H29F3N6O2. The topological polar surface area (TPSA) is 86.6 Å². The number of rotatable bonds is 9. The highest BCUT2D eigenvalue weighted by molar-refractivity contribution is 5.49. The van der Waals surface area contributed by atoms with Crippen molar-refractivity contribution in [1.82, 2.24) is 20.1 Å². The van der Waals surface area contributed by atoms with Crippen molar-refractivity contribution in [3.63, 3.8) is 0 Å². The van der Waals surface area contributed by atoms with Crippen molar-refractivity contribution >= 4 is 11.5 Å². The average molecular weight is 515 g/mol. The van der Waals surface area contributed by atoms with E-state index in [0.717, 1.165) is 55.4 Å². The van der Waals surface area contributed by atoms with Crippen LogP contribution in [-0.4, -0.2) is 58.0 Å². The lowest BCUT2D eigenvalue weighted by Crippen LogP contribution is -2.45. The molecule has 4 rings (SSSR count). The second-order valence-corrected chi connectivity index (χ2v) is 8.78. The second kappa shape index (κ2) is 11.5. The van der Waals surface area contributed by atoms with E-state index in [4.69, 9.17) is 4.74 Å². The van der Waals surface area contributed by atoms with Crippen LogP contribution in [0.2, 0.25) is 0 Å². The standard InChI is InChI=1S/C26H29F3N6O2/c1-18(2)34-11-13-35(14-12-34)21-6-4-20(5-7-21)22(16-36)31-24-9-10-25(33-32-24)37-17-19-3-8-23(30-15-19)26(27,28)29/h3-10,15,22,36H,1,11-14,16-17H2,2H3,(H,31,32)/t22-/m1/s1. The SMILES string of the molecule is C=C(C)N1CCN(c2ccc([C@@H](CO)Nc3ccc(OCc4ccc(C(F)(F)F)nc4)nn3)cc2)CC1. The number of halogens is 3. The predicted octanol–water partition coefficient (Wildman–Crippen LogP) is 4.27. The number of hydrogen-bond donors (Lipinski definition) is 2. The molecule has 196 valence electrons. The molecule has 37 heavy (non-hydrogen) atoms. The molecule has 3 aromatic rings. The molecule has 3 heterocycles. The van der Waals surface area contributed by atoms with Crippen molar-refractivity contribution in [2.45, 2.75) is 25.7 Å². The molecule has 8 nitrogen and oxygen atoms in total. The minimum atomic E-state index is -4.48. The van der Waals surface area contributed by atoms with Crippen molar-refractivity contribution in [3.8, 4) is 5.88 Å². The summed E-state index contributed by atoms with van der Waals surface area (Å²) in [6.07, 6.45) is -3.37. The maximum absolute atomic E-state index is 12.6. The fourth-order valence-electron chi connectivity index (χ4n) is 3.99. The number of alkyl halides is 3. The van der Waals surface area contributed by atoms with Gasteiger partial charge in [0.1, 0.15) is 18.1 Å². The summed E-state index contributed by atoms with van der Waals surface area (Å²) in [7, 11) is 0. The molecule has 11 heteroatoms. The zero-order valence-corrected chi connectivity index (χ0v) is 20.4. The van der Waals surface area contributed by atoms with Gasteiger partial charge in [-0.2, -0.15) is 13.2 Å². The number of benzene rings is 1. The maximum atomic E-state index is 12.6. The molecule has 1 aliphatic rings. The Labute approximate surface area is 213 Å². The highest BCUT2D eigenvalue weighted by Gasteiger charge is 2.32. The van der Waals surface area contributed by atoms with Gasteiger partial charge in [0.2, 0.25) is 5.88 Å². The number of allylic oxidation sites excluding steroid dienone is 1. The quantitative estimate of drug-likeness (QED) is 0.438. The van der Waals surface area contributed by atoms with Gasteiger partial charge in [-0.25, -0.2) is 0 Å². The number of pyridine rings is 1. The number of piperazine rings is 1. The van der Waals surface area contributed by atoms with Gasteiger partial charge >= 0.3 is 6.18 Å². The highest BCUT2D eigenvalue weighted by Crippen LogP contribution is 2.27. The normalized spacial score (nSPS) is 14.8. The zero-order valence-electron chi connectivity index (χ0n) is 20.4. The molecule has 0 aliphatic carbocycles. The molecule has 1 atom stereocenters. The molecule has 0 radical (unpaired) electrons. The fourth-order valence-corrected chi connectivity index (χ4v) is 3.99. The third-order valence-electron chi connectivity index (χ3n) is 6.13. The first kappa shape index (κ1) is 26.2. The summed E-state index contributed by atoms with van der Waals surface area (Å²) in [5.41, 5.74) is 2.64. The van der Waals surface area contributed by atoms with E-state index in [9.17, 15) is 18.3 Å². The second-order valence-electron chi connectivity index (χ2n) is 8.78. The van der Waals surface area contributed by atoms with Crippen molar-refractivity contribution in [1.29, 1.82) is 0 Å². The molecule has 2 N–H and O–H groups in total. The molecular weight excluding hydrogens is 485 g/mol. The Morgan fingerprint density at radius 1 is 1.05 bits per heavy atom. The lowest BCUT2D eigenvalue weighted by molar-refractivity contribution is -0.141. The first-order chi connectivity index (χ1) is 17.7. The summed E-state index contributed by atoms with van der Waals surface area (Å²) in [5.74, 6) is 0.657. The van der Waals surface area contributed by atoms with Crippen LogP contribution in [0, 0.1) is 0 Å². The third kappa shape index (κ3) is 6.88. The Balaban J connectivity index is 1.30. The molecule has 0 bridgehead atoms. The minimum Gasteiger partial charge on any atom is -0.472 e. The number of aliphatic hydroxyl groups is 1. The molecule has 0 unspecified atom stereocenters. The monoisotopic (exact) mass is 514 g/mol. The van der Waals surface area contributed by atoms with E-state index in [2.05, 4.69) is 49.0 Å². The summed E-state index contributed by atoms with van der Waals surface area (Å²) >= 11 is 0. The van der Waals surface area contributed by atoms with Gasteiger partial charge in [0.25, 0.3) is 0 Å². The first-order valence-corrected chi connectivity index (χ1v) is 11.8. The Kier molecular flexibility index (Phi) is 8.12. The van der Waals surface area contributed by atoms with Crippen molar-refractivity contribution < 1.29 is 23.0 Å². The van der Waals surface area contributed by atoms with Gasteiger partial charge in [-0.3, -0.25) is 4.98 Å². The van der Waals surface area contributed by atoms with E-state index in [1.165, 1.54) is 6.07 Å². The van der Waals surface area contributed by atoms with Crippen LogP contribution in [0.4, 0.5) is 24.7 Å². The molecule has 1 fully saturated rings. The van der Waals surface area contributed by atoms with Crippen LogP contribution >= 0.6 is 0 Å². The van der Waals surface area contributed by atoms with Gasteiger partial charge in [0, 0.05) is 55.4 Å². The highest BCUT2D eigenvalue weighted by atomic mass is 19.4. The van der Waals surface area contributed by atoms with Crippen LogP contribution < -0.4 is 15.0 Å². The van der Waals surface area contributed by atoms with Crippen LogP contribution in [0.1, 0.15) is 29.8 Å². The van der Waals surface area contributed by atoms with Crippen LogP contribution in [0.3, 0.4) is 0 Å². The molecule has 0 spiro atoms. The van der Waals surface area contributed by atoms with Crippen molar-refractivity contribution in [3.05, 3.63) is 83.8 Å². The lowest BCUT2D eigenvalue weighted by Gasteiger charge is -2.37. The maximum Gasteiger partial charge on any atom is 0.433 e. The van der Waals surface area contributed by atoms with Crippen molar-refractivity contribution in [2.24, 2.45) is 0 Å². The van der Waals surface area contributed by atoms with E-state index < -0.39 is 11.9 Å². The van der Waals surface area contributed by atoms with E-state index in [-0.39, 0.29) is 25.1 Å². The van der Waals surface area contributed by atoms with Gasteiger partial charge in [-0.15, -0.1) is 10.2 Å². The molecule has 0 amide bonds. The van der Waals surface area contributed by atoms with Crippen LogP contribution in [0.5, 0.6) is 5.88 Å². The Morgan fingerprint density at radius 3 is 2.32 bits per heavy atom. The Hall–Kier alpha value is -3.86. The zero-order chi connectivity index (χ0) is 26.4. The molecule has 1 aromatic carbocycles. The van der Waals surface area contributed by atoms with Crippen LogP contribution in [-0.2, 0) is 12.8 Å². The summed E-state index contributed by atoms with van der Waals surface area (Å²) in [5, 5.41) is 21.2.